The minimum absolute atomic E-state index is 0.110. The first-order valence-electron chi connectivity index (χ1n) is 5.63. The van der Waals surface area contributed by atoms with Gasteiger partial charge in [-0.1, -0.05) is 0 Å². The number of hydrogen-bond donors (Lipinski definition) is 2. The van der Waals surface area contributed by atoms with Crippen molar-refractivity contribution in [3.8, 4) is 0 Å². The van der Waals surface area contributed by atoms with Gasteiger partial charge in [-0.05, 0) is 34.6 Å². The second kappa shape index (κ2) is 4.49. The van der Waals surface area contributed by atoms with Crippen LogP contribution in [0.4, 0.5) is 0 Å². The van der Waals surface area contributed by atoms with Gasteiger partial charge in [0.1, 0.15) is 5.76 Å². The molecule has 0 saturated carbocycles. The molecule has 1 amide bonds. The first kappa shape index (κ1) is 13.7. The van der Waals surface area contributed by atoms with E-state index in [9.17, 15) is 4.79 Å². The van der Waals surface area contributed by atoms with Gasteiger partial charge in [-0.2, -0.15) is 0 Å². The fourth-order valence-electron chi connectivity index (χ4n) is 1.15. The van der Waals surface area contributed by atoms with Crippen LogP contribution in [0.5, 0.6) is 0 Å². The zero-order valence-electron chi connectivity index (χ0n) is 11.1. The van der Waals surface area contributed by atoms with E-state index in [0.717, 1.165) is 5.76 Å². The van der Waals surface area contributed by atoms with Crippen molar-refractivity contribution in [1.29, 1.82) is 0 Å². The lowest BCUT2D eigenvalue weighted by molar-refractivity contribution is -0.132. The minimum Gasteiger partial charge on any atom is -0.444 e. The third kappa shape index (κ3) is 3.06. The molecule has 0 saturated heterocycles. The van der Waals surface area contributed by atoms with Gasteiger partial charge in [-0.15, -0.1) is 0 Å². The van der Waals surface area contributed by atoms with Gasteiger partial charge in [0.25, 0.3) is 0 Å². The summed E-state index contributed by atoms with van der Waals surface area (Å²) in [5.41, 5.74) is 4.74. The lowest BCUT2D eigenvalue weighted by Gasteiger charge is -2.36. The number of aryl methyl sites for hydroxylation is 1. The predicted molar refractivity (Wildman–Crippen MR) is 65.1 cm³/mol. The average molecular weight is 239 g/mol. The quantitative estimate of drug-likeness (QED) is 0.831. The molecule has 1 heterocycles. The number of carbonyl (C=O) groups is 1. The first-order chi connectivity index (χ1) is 7.64. The number of nitrogens with two attached hydrogens (primary N) is 1. The summed E-state index contributed by atoms with van der Waals surface area (Å²) in [7, 11) is 0. The van der Waals surface area contributed by atoms with E-state index in [1.165, 1.54) is 0 Å². The van der Waals surface area contributed by atoms with Crippen LogP contribution in [0.15, 0.2) is 10.6 Å². The molecule has 0 fully saturated rings. The molecule has 0 unspecified atom stereocenters. The second-order valence-corrected chi connectivity index (χ2v) is 5.39. The van der Waals surface area contributed by atoms with Crippen LogP contribution in [-0.4, -0.2) is 16.4 Å². The molecule has 1 aromatic heterocycles. The van der Waals surface area contributed by atoms with Gasteiger partial charge in [0.05, 0.1) is 18.2 Å². The third-order valence-electron chi connectivity index (χ3n) is 3.25. The van der Waals surface area contributed by atoms with Gasteiger partial charge in [-0.3, -0.25) is 4.79 Å². The van der Waals surface area contributed by atoms with Crippen LogP contribution in [0.25, 0.3) is 0 Å². The molecule has 1 aromatic rings. The van der Waals surface area contributed by atoms with E-state index in [4.69, 9.17) is 10.2 Å². The maximum Gasteiger partial charge on any atom is 0.227 e. The Morgan fingerprint density at radius 1 is 1.47 bits per heavy atom. The molecule has 0 aliphatic rings. The van der Waals surface area contributed by atoms with Crippen LogP contribution < -0.4 is 11.1 Å². The smallest absolute Gasteiger partial charge is 0.227 e. The molecule has 0 bridgehead atoms. The summed E-state index contributed by atoms with van der Waals surface area (Å²) in [5.74, 6) is 1.12. The number of carbonyl (C=O) groups excluding carboxylic acids is 1. The molecule has 96 valence electrons. The predicted octanol–water partition coefficient (Wildman–Crippen LogP) is 1.36. The zero-order chi connectivity index (χ0) is 13.3. The second-order valence-electron chi connectivity index (χ2n) is 5.39. The minimum atomic E-state index is -0.658. The number of aromatic nitrogens is 1. The van der Waals surface area contributed by atoms with Crippen molar-refractivity contribution in [2.45, 2.75) is 46.7 Å². The van der Waals surface area contributed by atoms with Crippen molar-refractivity contribution in [1.82, 2.24) is 10.3 Å². The molecule has 5 nitrogen and oxygen atoms in total. The summed E-state index contributed by atoms with van der Waals surface area (Å²) in [5, 5.41) is 2.78. The van der Waals surface area contributed by atoms with Crippen molar-refractivity contribution in [3.05, 3.63) is 17.8 Å². The molecule has 0 atom stereocenters. The Hall–Kier alpha value is -1.36. The third-order valence-corrected chi connectivity index (χ3v) is 3.25. The summed E-state index contributed by atoms with van der Waals surface area (Å²) in [4.78, 5) is 16.1. The average Bonchev–Trinajstić information content (AvgIpc) is 2.58. The van der Waals surface area contributed by atoms with Gasteiger partial charge < -0.3 is 15.5 Å². The van der Waals surface area contributed by atoms with E-state index in [1.807, 2.05) is 34.6 Å². The molecule has 0 spiro atoms. The lowest BCUT2D eigenvalue weighted by Crippen LogP contribution is -2.55. The highest BCUT2D eigenvalue weighted by molar-refractivity contribution is 5.83. The van der Waals surface area contributed by atoms with Crippen molar-refractivity contribution in [3.63, 3.8) is 0 Å². The molecule has 17 heavy (non-hydrogen) atoms. The number of rotatable bonds is 4. The van der Waals surface area contributed by atoms with Crippen molar-refractivity contribution >= 4 is 5.91 Å². The first-order valence-corrected chi connectivity index (χ1v) is 5.63. The number of hydrogen-bond acceptors (Lipinski definition) is 4. The summed E-state index contributed by atoms with van der Waals surface area (Å²) >= 11 is 0. The summed E-state index contributed by atoms with van der Waals surface area (Å²) in [6.07, 6.45) is 1.62. The molecular weight excluding hydrogens is 218 g/mol. The van der Waals surface area contributed by atoms with E-state index in [-0.39, 0.29) is 12.5 Å². The summed E-state index contributed by atoms with van der Waals surface area (Å²) < 4.78 is 5.28. The van der Waals surface area contributed by atoms with Crippen molar-refractivity contribution in [2.75, 3.05) is 0 Å². The van der Waals surface area contributed by atoms with Crippen LogP contribution in [0.3, 0.4) is 0 Å². The van der Waals surface area contributed by atoms with Crippen molar-refractivity contribution < 1.29 is 9.21 Å². The maximum absolute atomic E-state index is 12.0. The van der Waals surface area contributed by atoms with E-state index < -0.39 is 11.0 Å². The summed E-state index contributed by atoms with van der Waals surface area (Å²) in [6.45, 7) is 9.41. The molecule has 5 heteroatoms. The van der Waals surface area contributed by atoms with Crippen LogP contribution in [0.2, 0.25) is 0 Å². The van der Waals surface area contributed by atoms with Gasteiger partial charge in [0.2, 0.25) is 11.8 Å². The van der Waals surface area contributed by atoms with E-state index >= 15 is 0 Å². The van der Waals surface area contributed by atoms with Gasteiger partial charge in [-0.25, -0.2) is 4.98 Å². The highest BCUT2D eigenvalue weighted by atomic mass is 16.4. The molecule has 0 aliphatic carbocycles. The molecule has 3 N–H and O–H groups in total. The van der Waals surface area contributed by atoms with E-state index in [0.29, 0.717) is 5.89 Å². The Bertz CT molecular complexity index is 402. The standard InChI is InChI=1S/C12H21N3O2/c1-8-6-14-9(17-8)7-15-10(16)11(2,3)12(4,5)13/h6H,7,13H2,1-5H3,(H,15,16). The topological polar surface area (TPSA) is 81.2 Å². The van der Waals surface area contributed by atoms with Crippen LogP contribution in [-0.2, 0) is 11.3 Å². The van der Waals surface area contributed by atoms with E-state index in [1.54, 1.807) is 6.20 Å². The maximum atomic E-state index is 12.0. The van der Waals surface area contributed by atoms with Crippen LogP contribution >= 0.6 is 0 Å². The zero-order valence-corrected chi connectivity index (χ0v) is 11.1. The Labute approximate surface area is 102 Å². The number of amides is 1. The fourth-order valence-corrected chi connectivity index (χ4v) is 1.15. The Kier molecular flexibility index (Phi) is 3.62. The molecule has 1 rings (SSSR count). The number of nitrogens with one attached hydrogen (secondary N) is 1. The highest BCUT2D eigenvalue weighted by Crippen LogP contribution is 2.28. The number of oxazole rings is 1. The van der Waals surface area contributed by atoms with E-state index in [2.05, 4.69) is 10.3 Å². The Morgan fingerprint density at radius 2 is 2.06 bits per heavy atom. The fraction of sp³-hybridized carbons (Fsp3) is 0.667. The SMILES string of the molecule is Cc1cnc(CNC(=O)C(C)(C)C(C)(C)N)o1. The van der Waals surface area contributed by atoms with Crippen LogP contribution in [0, 0.1) is 12.3 Å². The summed E-state index contributed by atoms with van der Waals surface area (Å²) in [6, 6.07) is 0. The molecule has 0 radical (unpaired) electrons. The number of nitrogens with zero attached hydrogens (tertiary/aromatic N) is 1. The normalized spacial score (nSPS) is 12.6. The molecular formula is C12H21N3O2. The van der Waals surface area contributed by atoms with Crippen LogP contribution in [0.1, 0.15) is 39.3 Å². The Balaban J connectivity index is 2.61. The molecule has 0 aromatic carbocycles. The monoisotopic (exact) mass is 239 g/mol. The molecule has 0 aliphatic heterocycles. The highest BCUT2D eigenvalue weighted by Gasteiger charge is 2.40. The lowest BCUT2D eigenvalue weighted by atomic mass is 9.74. The van der Waals surface area contributed by atoms with Crippen molar-refractivity contribution in [2.24, 2.45) is 11.1 Å². The van der Waals surface area contributed by atoms with Gasteiger partial charge >= 0.3 is 0 Å². The van der Waals surface area contributed by atoms with Gasteiger partial charge in [0, 0.05) is 5.54 Å². The largest absolute Gasteiger partial charge is 0.444 e. The van der Waals surface area contributed by atoms with Gasteiger partial charge in [0.15, 0.2) is 0 Å². The Morgan fingerprint density at radius 3 is 2.47 bits per heavy atom.